The van der Waals surface area contributed by atoms with Gasteiger partial charge < -0.3 is 4.57 Å². The maximum atomic E-state index is 11.6. The number of nitrogens with zero attached hydrogens (tertiary/aromatic N) is 1. The van der Waals surface area contributed by atoms with Crippen molar-refractivity contribution in [3.63, 3.8) is 0 Å². The lowest BCUT2D eigenvalue weighted by Gasteiger charge is -2.07. The van der Waals surface area contributed by atoms with E-state index in [-0.39, 0.29) is 0 Å². The molecule has 2 rings (SSSR count). The van der Waals surface area contributed by atoms with Crippen LogP contribution in [-0.2, 0) is 13.0 Å². The highest BCUT2D eigenvalue weighted by molar-refractivity contribution is 5.98. The first-order valence-corrected chi connectivity index (χ1v) is 5.53. The molecule has 0 aliphatic heterocycles. The Morgan fingerprint density at radius 2 is 2.27 bits per heavy atom. The molecule has 1 aromatic rings. The summed E-state index contributed by atoms with van der Waals surface area (Å²) in [6.07, 6.45) is 7.89. The molecule has 0 spiro atoms. The first-order chi connectivity index (χ1) is 7.16. The van der Waals surface area contributed by atoms with Gasteiger partial charge in [-0.3, -0.25) is 4.79 Å². The maximum Gasteiger partial charge on any atom is 0.164 e. The van der Waals surface area contributed by atoms with Crippen molar-refractivity contribution in [1.29, 1.82) is 0 Å². The van der Waals surface area contributed by atoms with Crippen LogP contribution in [0.3, 0.4) is 0 Å². The summed E-state index contributed by atoms with van der Waals surface area (Å²) in [5.74, 6) is 0.310. The van der Waals surface area contributed by atoms with E-state index in [1.165, 1.54) is 11.1 Å². The number of fused-ring (bicyclic) bond motifs is 1. The van der Waals surface area contributed by atoms with Crippen LogP contribution < -0.4 is 0 Å². The highest BCUT2D eigenvalue weighted by Gasteiger charge is 2.18. The van der Waals surface area contributed by atoms with Crippen molar-refractivity contribution in [2.45, 2.75) is 39.2 Å². The van der Waals surface area contributed by atoms with Crippen molar-refractivity contribution in [2.24, 2.45) is 0 Å². The van der Waals surface area contributed by atoms with Crippen molar-refractivity contribution in [3.05, 3.63) is 35.7 Å². The molecule has 0 unspecified atom stereocenters. The SMILES string of the molecule is C=C(C)CCn1cc2c(c1)C(=O)CCC2. The molecule has 2 nitrogen and oxygen atoms in total. The van der Waals surface area contributed by atoms with E-state index in [1.807, 2.05) is 13.1 Å². The fourth-order valence-corrected chi connectivity index (χ4v) is 2.03. The van der Waals surface area contributed by atoms with Crippen molar-refractivity contribution < 1.29 is 4.79 Å². The minimum Gasteiger partial charge on any atom is -0.353 e. The maximum absolute atomic E-state index is 11.6. The molecule has 1 aliphatic carbocycles. The Morgan fingerprint density at radius 1 is 1.47 bits per heavy atom. The molecule has 1 aliphatic rings. The van der Waals surface area contributed by atoms with E-state index < -0.39 is 0 Å². The lowest BCUT2D eigenvalue weighted by molar-refractivity contribution is 0.0973. The molecular weight excluding hydrogens is 186 g/mol. The van der Waals surface area contributed by atoms with Crippen molar-refractivity contribution >= 4 is 5.78 Å². The molecule has 0 aromatic carbocycles. The van der Waals surface area contributed by atoms with Crippen LogP contribution in [0.25, 0.3) is 0 Å². The van der Waals surface area contributed by atoms with Crippen molar-refractivity contribution in [1.82, 2.24) is 4.57 Å². The lowest BCUT2D eigenvalue weighted by Crippen LogP contribution is -2.07. The summed E-state index contributed by atoms with van der Waals surface area (Å²) in [5, 5.41) is 0. The topological polar surface area (TPSA) is 22.0 Å². The third-order valence-corrected chi connectivity index (χ3v) is 2.91. The molecule has 2 heteroatoms. The molecule has 0 atom stereocenters. The highest BCUT2D eigenvalue weighted by atomic mass is 16.1. The third kappa shape index (κ3) is 2.20. The number of carbonyl (C=O) groups is 1. The Labute approximate surface area is 90.6 Å². The highest BCUT2D eigenvalue weighted by Crippen LogP contribution is 2.22. The predicted molar refractivity (Wildman–Crippen MR) is 61.1 cm³/mol. The molecule has 1 aromatic heterocycles. The number of aromatic nitrogens is 1. The third-order valence-electron chi connectivity index (χ3n) is 2.91. The molecule has 0 saturated heterocycles. The van der Waals surface area contributed by atoms with Gasteiger partial charge in [-0.05, 0) is 31.7 Å². The normalized spacial score (nSPS) is 15.1. The van der Waals surface area contributed by atoms with Gasteiger partial charge in [0, 0.05) is 30.9 Å². The zero-order chi connectivity index (χ0) is 10.8. The monoisotopic (exact) mass is 203 g/mol. The second-order valence-corrected chi connectivity index (χ2v) is 4.42. The number of hydrogen-bond donors (Lipinski definition) is 0. The molecule has 0 bridgehead atoms. The van der Waals surface area contributed by atoms with Gasteiger partial charge in [-0.1, -0.05) is 5.57 Å². The number of ketones is 1. The summed E-state index contributed by atoms with van der Waals surface area (Å²) < 4.78 is 2.13. The first-order valence-electron chi connectivity index (χ1n) is 5.53. The number of rotatable bonds is 3. The van der Waals surface area contributed by atoms with Gasteiger partial charge in [0.2, 0.25) is 0 Å². The number of carbonyl (C=O) groups excluding carboxylic acids is 1. The molecule has 0 fully saturated rings. The number of hydrogen-bond acceptors (Lipinski definition) is 1. The van der Waals surface area contributed by atoms with E-state index in [2.05, 4.69) is 17.3 Å². The molecule has 0 saturated carbocycles. The fourth-order valence-electron chi connectivity index (χ4n) is 2.03. The molecule has 0 amide bonds. The van der Waals surface area contributed by atoms with E-state index in [0.29, 0.717) is 5.78 Å². The van der Waals surface area contributed by atoms with Crippen LogP contribution in [0.5, 0.6) is 0 Å². The second kappa shape index (κ2) is 4.05. The van der Waals surface area contributed by atoms with Crippen LogP contribution >= 0.6 is 0 Å². The molecule has 0 radical (unpaired) electrons. The Balaban J connectivity index is 2.14. The van der Waals surface area contributed by atoms with Crippen LogP contribution in [0.1, 0.15) is 42.1 Å². The Hall–Kier alpha value is -1.31. The summed E-state index contributed by atoms with van der Waals surface area (Å²) in [6, 6.07) is 0. The molecule has 15 heavy (non-hydrogen) atoms. The quantitative estimate of drug-likeness (QED) is 0.692. The van der Waals surface area contributed by atoms with E-state index in [1.54, 1.807) is 0 Å². The standard InChI is InChI=1S/C13H17NO/c1-10(2)6-7-14-8-11-4-3-5-13(15)12(11)9-14/h8-9H,1,3-7H2,2H3. The fraction of sp³-hybridized carbons (Fsp3) is 0.462. The minimum absolute atomic E-state index is 0.310. The van der Waals surface area contributed by atoms with Crippen LogP contribution in [0.2, 0.25) is 0 Å². The Bertz CT molecular complexity index is 401. The van der Waals surface area contributed by atoms with Crippen LogP contribution in [0.15, 0.2) is 24.5 Å². The Kier molecular flexibility index (Phi) is 2.76. The van der Waals surface area contributed by atoms with Crippen molar-refractivity contribution in [2.75, 3.05) is 0 Å². The van der Waals surface area contributed by atoms with Gasteiger partial charge in [0.1, 0.15) is 0 Å². The van der Waals surface area contributed by atoms with Crippen LogP contribution in [0, 0.1) is 0 Å². The number of aryl methyl sites for hydroxylation is 2. The Morgan fingerprint density at radius 3 is 2.93 bits per heavy atom. The second-order valence-electron chi connectivity index (χ2n) is 4.42. The number of Topliss-reactive ketones (excluding diaryl/α,β-unsaturated/α-hetero) is 1. The smallest absolute Gasteiger partial charge is 0.164 e. The van der Waals surface area contributed by atoms with Crippen LogP contribution in [-0.4, -0.2) is 10.4 Å². The summed E-state index contributed by atoms with van der Waals surface area (Å²) in [5.41, 5.74) is 3.36. The first kappa shape index (κ1) is 10.2. The lowest BCUT2D eigenvalue weighted by atomic mass is 9.95. The van der Waals surface area contributed by atoms with Crippen LogP contribution in [0.4, 0.5) is 0 Å². The van der Waals surface area contributed by atoms with E-state index in [4.69, 9.17) is 0 Å². The van der Waals surface area contributed by atoms with Gasteiger partial charge in [0.05, 0.1) is 0 Å². The van der Waals surface area contributed by atoms with E-state index >= 15 is 0 Å². The van der Waals surface area contributed by atoms with Gasteiger partial charge in [-0.2, -0.15) is 0 Å². The average molecular weight is 203 g/mol. The van der Waals surface area contributed by atoms with Gasteiger partial charge in [-0.15, -0.1) is 6.58 Å². The summed E-state index contributed by atoms with van der Waals surface area (Å²) in [7, 11) is 0. The zero-order valence-corrected chi connectivity index (χ0v) is 9.25. The molecule has 80 valence electrons. The molecular formula is C13H17NO. The predicted octanol–water partition coefficient (Wildman–Crippen LogP) is 2.97. The van der Waals surface area contributed by atoms with Crippen molar-refractivity contribution in [3.8, 4) is 0 Å². The van der Waals surface area contributed by atoms with Gasteiger partial charge >= 0.3 is 0 Å². The van der Waals surface area contributed by atoms with Gasteiger partial charge in [0.15, 0.2) is 5.78 Å². The van der Waals surface area contributed by atoms with Gasteiger partial charge in [-0.25, -0.2) is 0 Å². The minimum atomic E-state index is 0.310. The summed E-state index contributed by atoms with van der Waals surface area (Å²) in [6.45, 7) is 6.86. The van der Waals surface area contributed by atoms with E-state index in [9.17, 15) is 4.79 Å². The molecule has 0 N–H and O–H groups in total. The molecule has 1 heterocycles. The average Bonchev–Trinajstić information content (AvgIpc) is 2.59. The van der Waals surface area contributed by atoms with E-state index in [0.717, 1.165) is 37.8 Å². The summed E-state index contributed by atoms with van der Waals surface area (Å²) in [4.78, 5) is 11.6. The zero-order valence-electron chi connectivity index (χ0n) is 9.25. The number of allylic oxidation sites excluding steroid dienone is 1. The summed E-state index contributed by atoms with van der Waals surface area (Å²) >= 11 is 0. The van der Waals surface area contributed by atoms with Gasteiger partial charge in [0.25, 0.3) is 0 Å². The largest absolute Gasteiger partial charge is 0.353 e.